The first-order valence-corrected chi connectivity index (χ1v) is 10.5. The molecule has 3 aliphatic rings. The van der Waals surface area contributed by atoms with Crippen molar-refractivity contribution in [2.75, 3.05) is 11.5 Å². The van der Waals surface area contributed by atoms with Gasteiger partial charge in [0.1, 0.15) is 17.9 Å². The average molecular weight is 404 g/mol. The third kappa shape index (κ3) is 2.94. The fourth-order valence-electron chi connectivity index (χ4n) is 4.40. The maximum absolute atomic E-state index is 15.2. The molecule has 6 nitrogen and oxygen atoms in total. The summed E-state index contributed by atoms with van der Waals surface area (Å²) in [6.45, 7) is 12.1. The minimum absolute atomic E-state index is 0.0993. The van der Waals surface area contributed by atoms with Gasteiger partial charge in [0.05, 0.1) is 22.8 Å². The first kappa shape index (κ1) is 20.8. The summed E-state index contributed by atoms with van der Waals surface area (Å²) in [6.07, 6.45) is 4.02. The molecule has 0 bridgehead atoms. The van der Waals surface area contributed by atoms with Crippen molar-refractivity contribution in [2.45, 2.75) is 90.1 Å². The molecule has 0 aliphatic carbocycles. The number of fused-ring (bicyclic) bond motifs is 1. The number of anilines is 1. The van der Waals surface area contributed by atoms with Gasteiger partial charge < -0.3 is 14.0 Å². The molecule has 0 N–H and O–H groups in total. The number of aromatic nitrogens is 1. The molecular weight excluding hydrogens is 374 g/mol. The van der Waals surface area contributed by atoms with E-state index in [9.17, 15) is 4.79 Å². The summed E-state index contributed by atoms with van der Waals surface area (Å²) in [6, 6.07) is 0. The third-order valence-corrected chi connectivity index (χ3v) is 7.16. The van der Waals surface area contributed by atoms with Crippen LogP contribution >= 0.6 is 0 Å². The van der Waals surface area contributed by atoms with E-state index in [1.807, 2.05) is 41.5 Å². The van der Waals surface area contributed by atoms with Crippen molar-refractivity contribution >= 4 is 24.3 Å². The topological polar surface area (TPSA) is 60.9 Å². The number of carbonyl (C=O) groups is 1. The molecule has 1 amide bonds. The van der Waals surface area contributed by atoms with Crippen LogP contribution in [0.4, 0.5) is 10.2 Å². The summed E-state index contributed by atoms with van der Waals surface area (Å²) in [5.74, 6) is -0.142. The largest absolute Gasteiger partial charge is 0.498 e. The normalized spacial score (nSPS) is 30.7. The number of carbonyl (C=O) groups excluding carboxylic acids is 1. The molecule has 3 aliphatic heterocycles. The van der Waals surface area contributed by atoms with Gasteiger partial charge in [0, 0.05) is 17.6 Å². The van der Waals surface area contributed by atoms with Crippen molar-refractivity contribution in [1.82, 2.24) is 4.98 Å². The van der Waals surface area contributed by atoms with Gasteiger partial charge in [-0.25, -0.2) is 9.37 Å². The number of rotatable bonds is 3. The minimum Gasteiger partial charge on any atom is -0.399 e. The summed E-state index contributed by atoms with van der Waals surface area (Å²) < 4.78 is 33.4. The molecule has 8 heteroatoms. The number of nitrogens with zero attached hydrogens (tertiary/aromatic N) is 2. The van der Waals surface area contributed by atoms with Crippen molar-refractivity contribution in [1.29, 1.82) is 0 Å². The highest BCUT2D eigenvalue weighted by molar-refractivity contribution is 6.63. The summed E-state index contributed by atoms with van der Waals surface area (Å²) >= 11 is 0. The maximum Gasteiger partial charge on any atom is 0.498 e. The van der Waals surface area contributed by atoms with Crippen LogP contribution in [0.1, 0.15) is 72.8 Å². The summed E-state index contributed by atoms with van der Waals surface area (Å²) in [7, 11) is -0.900. The molecule has 2 saturated heterocycles. The van der Waals surface area contributed by atoms with Crippen LogP contribution in [0.3, 0.4) is 0 Å². The Morgan fingerprint density at radius 1 is 1.21 bits per heavy atom. The zero-order chi connectivity index (χ0) is 21.2. The highest BCUT2D eigenvalue weighted by Gasteiger charge is 2.58. The Balaban J connectivity index is 1.86. The molecule has 4 rings (SSSR count). The quantitative estimate of drug-likeness (QED) is 0.725. The van der Waals surface area contributed by atoms with Gasteiger partial charge >= 0.3 is 7.12 Å². The van der Waals surface area contributed by atoms with Crippen LogP contribution in [0.5, 0.6) is 0 Å². The molecule has 0 aromatic carbocycles. The zero-order valence-electron chi connectivity index (χ0n) is 18.2. The van der Waals surface area contributed by atoms with E-state index in [2.05, 4.69) is 4.98 Å². The highest BCUT2D eigenvalue weighted by Crippen LogP contribution is 2.46. The first-order valence-electron chi connectivity index (χ1n) is 10.5. The molecule has 0 radical (unpaired) electrons. The fourth-order valence-corrected chi connectivity index (χ4v) is 4.40. The Kier molecular flexibility index (Phi) is 4.83. The zero-order valence-corrected chi connectivity index (χ0v) is 18.2. The molecule has 2 atom stereocenters. The Labute approximate surface area is 172 Å². The van der Waals surface area contributed by atoms with Gasteiger partial charge in [0.25, 0.3) is 0 Å². The van der Waals surface area contributed by atoms with E-state index in [0.29, 0.717) is 24.4 Å². The number of hydrogen-bond acceptors (Lipinski definition) is 5. The lowest BCUT2D eigenvalue weighted by Gasteiger charge is -2.32. The van der Waals surface area contributed by atoms with Gasteiger partial charge in [-0.15, -0.1) is 0 Å². The van der Waals surface area contributed by atoms with E-state index in [4.69, 9.17) is 14.0 Å². The Hall–Kier alpha value is -1.51. The van der Waals surface area contributed by atoms with Crippen LogP contribution in [0.25, 0.3) is 0 Å². The Morgan fingerprint density at radius 3 is 2.41 bits per heavy atom. The van der Waals surface area contributed by atoms with Crippen molar-refractivity contribution in [3.05, 3.63) is 17.6 Å². The third-order valence-electron chi connectivity index (χ3n) is 7.16. The molecule has 1 aromatic rings. The summed E-state index contributed by atoms with van der Waals surface area (Å²) in [5.41, 5.74) is -1.29. The van der Waals surface area contributed by atoms with Crippen molar-refractivity contribution < 1.29 is 23.2 Å². The lowest BCUT2D eigenvalue weighted by atomic mass is 9.68. The van der Waals surface area contributed by atoms with E-state index in [1.165, 1.54) is 6.20 Å². The standard InChI is InChI=1S/C21H30BFN2O4/c1-7-21(6)15-16(22-28-19(2,3)20(4,5)29-22)13(23)12-24-17(15)25(18(21)26)14-10-8-9-11-27-14/h12,14H,7-11H2,1-6H3. The number of halogens is 1. The first-order chi connectivity index (χ1) is 13.5. The lowest BCUT2D eigenvalue weighted by Crippen LogP contribution is -2.47. The van der Waals surface area contributed by atoms with Crippen LogP contribution in [0.15, 0.2) is 6.20 Å². The van der Waals surface area contributed by atoms with E-state index in [0.717, 1.165) is 19.3 Å². The average Bonchev–Trinajstić information content (AvgIpc) is 3.03. The molecule has 2 fully saturated rings. The molecule has 158 valence electrons. The second kappa shape index (κ2) is 6.75. The number of pyridine rings is 1. The number of ether oxygens (including phenoxy) is 1. The van der Waals surface area contributed by atoms with Gasteiger partial charge in [0.2, 0.25) is 5.91 Å². The predicted octanol–water partition coefficient (Wildman–Crippen LogP) is 3.06. The molecule has 2 unspecified atom stereocenters. The molecule has 0 saturated carbocycles. The van der Waals surface area contributed by atoms with Crippen LogP contribution in [-0.2, 0) is 24.3 Å². The van der Waals surface area contributed by atoms with Crippen LogP contribution in [0, 0.1) is 5.82 Å². The van der Waals surface area contributed by atoms with Crippen LogP contribution in [-0.4, -0.2) is 42.0 Å². The molecule has 1 aromatic heterocycles. The molecule has 29 heavy (non-hydrogen) atoms. The van der Waals surface area contributed by atoms with E-state index < -0.39 is 29.6 Å². The van der Waals surface area contributed by atoms with Gasteiger partial charge in [-0.3, -0.25) is 9.69 Å². The summed E-state index contributed by atoms with van der Waals surface area (Å²) in [4.78, 5) is 19.5. The summed E-state index contributed by atoms with van der Waals surface area (Å²) in [5, 5.41) is 0. The van der Waals surface area contributed by atoms with Crippen molar-refractivity contribution in [3.8, 4) is 0 Å². The van der Waals surface area contributed by atoms with Gasteiger partial charge in [0.15, 0.2) is 0 Å². The van der Waals surface area contributed by atoms with Gasteiger partial charge in [-0.05, 0) is 60.3 Å². The molecule has 0 spiro atoms. The molecular formula is C21H30BFN2O4. The second-order valence-corrected chi connectivity index (χ2v) is 9.49. The Morgan fingerprint density at radius 2 is 1.86 bits per heavy atom. The second-order valence-electron chi connectivity index (χ2n) is 9.49. The van der Waals surface area contributed by atoms with E-state index in [-0.39, 0.29) is 17.6 Å². The number of hydrogen-bond donors (Lipinski definition) is 0. The SMILES string of the molecule is CCC1(C)C(=O)N(C2CCCCO2)c2ncc(F)c(B3OC(C)(C)C(C)(C)O3)c21. The molecule has 4 heterocycles. The van der Waals surface area contributed by atoms with E-state index >= 15 is 4.39 Å². The van der Waals surface area contributed by atoms with Crippen molar-refractivity contribution in [2.24, 2.45) is 0 Å². The van der Waals surface area contributed by atoms with Crippen LogP contribution < -0.4 is 10.4 Å². The van der Waals surface area contributed by atoms with Crippen LogP contribution in [0.2, 0.25) is 0 Å². The van der Waals surface area contributed by atoms with Gasteiger partial charge in [-0.2, -0.15) is 0 Å². The van der Waals surface area contributed by atoms with E-state index in [1.54, 1.807) is 4.90 Å². The highest BCUT2D eigenvalue weighted by atomic mass is 19.1. The number of amides is 1. The smallest absolute Gasteiger partial charge is 0.399 e. The Bertz CT molecular complexity index is 824. The fraction of sp³-hybridized carbons (Fsp3) is 0.714. The van der Waals surface area contributed by atoms with Crippen molar-refractivity contribution in [3.63, 3.8) is 0 Å². The predicted molar refractivity (Wildman–Crippen MR) is 109 cm³/mol. The lowest BCUT2D eigenvalue weighted by molar-refractivity contribution is -0.126. The maximum atomic E-state index is 15.2. The van der Waals surface area contributed by atoms with Gasteiger partial charge in [-0.1, -0.05) is 6.92 Å². The minimum atomic E-state index is -0.913. The monoisotopic (exact) mass is 404 g/mol.